The van der Waals surface area contributed by atoms with Gasteiger partial charge < -0.3 is 4.74 Å². The van der Waals surface area contributed by atoms with Crippen molar-refractivity contribution >= 4 is 17.0 Å². The monoisotopic (exact) mass is 380 g/mol. The summed E-state index contributed by atoms with van der Waals surface area (Å²) in [5.41, 5.74) is 2.18. The second kappa shape index (κ2) is 7.55. The highest BCUT2D eigenvalue weighted by Gasteiger charge is 2.17. The topological polar surface area (TPSA) is 87.7 Å². The van der Waals surface area contributed by atoms with E-state index in [9.17, 15) is 9.18 Å². The van der Waals surface area contributed by atoms with Crippen molar-refractivity contribution in [1.82, 2.24) is 29.8 Å². The maximum absolute atomic E-state index is 14.1. The molecule has 0 bridgehead atoms. The number of nitrogens with zero attached hydrogens (tertiary/aromatic N) is 6. The highest BCUT2D eigenvalue weighted by molar-refractivity contribution is 5.89. The molecular formula is C19H17FN6O2. The molecular weight excluding hydrogens is 363 g/mol. The third-order valence-electron chi connectivity index (χ3n) is 4.16. The summed E-state index contributed by atoms with van der Waals surface area (Å²) in [5.74, 6) is -0.695. The van der Waals surface area contributed by atoms with E-state index in [1.807, 2.05) is 6.07 Å². The van der Waals surface area contributed by atoms with E-state index < -0.39 is 5.97 Å². The average Bonchev–Trinajstić information content (AvgIpc) is 3.29. The van der Waals surface area contributed by atoms with Gasteiger partial charge in [-0.05, 0) is 25.1 Å². The number of carbonyl (C=O) groups excluding carboxylic acids is 1. The van der Waals surface area contributed by atoms with Gasteiger partial charge >= 0.3 is 5.97 Å². The van der Waals surface area contributed by atoms with Gasteiger partial charge in [0.1, 0.15) is 23.7 Å². The van der Waals surface area contributed by atoms with Gasteiger partial charge in [0, 0.05) is 17.1 Å². The van der Waals surface area contributed by atoms with Crippen LogP contribution in [0.2, 0.25) is 0 Å². The van der Waals surface area contributed by atoms with Crippen LogP contribution in [0.15, 0.2) is 48.8 Å². The lowest BCUT2D eigenvalue weighted by Gasteiger charge is -2.04. The molecule has 0 atom stereocenters. The quantitative estimate of drug-likeness (QED) is 0.478. The van der Waals surface area contributed by atoms with Gasteiger partial charge in [-0.3, -0.25) is 4.79 Å². The van der Waals surface area contributed by atoms with Gasteiger partial charge in [-0.1, -0.05) is 23.4 Å². The molecule has 142 valence electrons. The molecule has 0 amide bonds. The summed E-state index contributed by atoms with van der Waals surface area (Å²) in [6.45, 7) is 2.24. The number of benzene rings is 1. The third-order valence-corrected chi connectivity index (χ3v) is 4.16. The zero-order valence-electron chi connectivity index (χ0n) is 15.1. The fourth-order valence-electron chi connectivity index (χ4n) is 2.92. The van der Waals surface area contributed by atoms with Gasteiger partial charge in [-0.2, -0.15) is 5.10 Å². The number of carbonyl (C=O) groups is 1. The summed E-state index contributed by atoms with van der Waals surface area (Å²) in [5, 5.41) is 13.4. The van der Waals surface area contributed by atoms with Crippen LogP contribution in [0.25, 0.3) is 22.4 Å². The minimum absolute atomic E-state index is 0.0348. The van der Waals surface area contributed by atoms with Crippen molar-refractivity contribution in [3.63, 3.8) is 0 Å². The SMILES string of the molecule is CCOC(=O)Cn1cc(-c2nn(Cc3ccccc3F)c3ncccc23)nn1. The van der Waals surface area contributed by atoms with Crippen LogP contribution in [0.5, 0.6) is 0 Å². The van der Waals surface area contributed by atoms with Crippen molar-refractivity contribution in [2.45, 2.75) is 20.0 Å². The summed E-state index contributed by atoms with van der Waals surface area (Å²) < 4.78 is 22.0. The second-order valence-electron chi connectivity index (χ2n) is 6.08. The van der Waals surface area contributed by atoms with E-state index in [1.54, 1.807) is 48.3 Å². The summed E-state index contributed by atoms with van der Waals surface area (Å²) in [6, 6.07) is 10.2. The van der Waals surface area contributed by atoms with Gasteiger partial charge in [0.25, 0.3) is 0 Å². The van der Waals surface area contributed by atoms with E-state index in [2.05, 4.69) is 20.4 Å². The molecule has 0 spiro atoms. The number of halogens is 1. The molecule has 4 aromatic rings. The summed E-state index contributed by atoms with van der Waals surface area (Å²) in [7, 11) is 0. The zero-order valence-corrected chi connectivity index (χ0v) is 15.1. The predicted octanol–water partition coefficient (Wildman–Crippen LogP) is 2.44. The first kappa shape index (κ1) is 17.8. The maximum Gasteiger partial charge on any atom is 0.327 e. The number of pyridine rings is 1. The Bertz CT molecular complexity index is 1140. The number of fused-ring (bicyclic) bond motifs is 1. The van der Waals surface area contributed by atoms with E-state index in [-0.39, 0.29) is 18.9 Å². The molecule has 0 aliphatic heterocycles. The molecule has 9 heteroatoms. The van der Waals surface area contributed by atoms with Crippen molar-refractivity contribution in [2.24, 2.45) is 0 Å². The largest absolute Gasteiger partial charge is 0.465 e. The van der Waals surface area contributed by atoms with Crippen molar-refractivity contribution in [3.8, 4) is 11.4 Å². The Balaban J connectivity index is 1.70. The number of esters is 1. The van der Waals surface area contributed by atoms with Crippen molar-refractivity contribution in [2.75, 3.05) is 6.61 Å². The number of hydrogen-bond acceptors (Lipinski definition) is 6. The lowest BCUT2D eigenvalue weighted by Crippen LogP contribution is -2.13. The van der Waals surface area contributed by atoms with Crippen LogP contribution < -0.4 is 0 Å². The predicted molar refractivity (Wildman–Crippen MR) is 98.7 cm³/mol. The van der Waals surface area contributed by atoms with E-state index in [0.717, 1.165) is 5.39 Å². The van der Waals surface area contributed by atoms with Gasteiger partial charge in [-0.25, -0.2) is 18.7 Å². The summed E-state index contributed by atoms with van der Waals surface area (Å²) in [4.78, 5) is 16.0. The van der Waals surface area contributed by atoms with Crippen LogP contribution in [0.1, 0.15) is 12.5 Å². The van der Waals surface area contributed by atoms with Crippen molar-refractivity contribution < 1.29 is 13.9 Å². The fourth-order valence-corrected chi connectivity index (χ4v) is 2.92. The summed E-state index contributed by atoms with van der Waals surface area (Å²) >= 11 is 0. The van der Waals surface area contributed by atoms with E-state index in [0.29, 0.717) is 29.2 Å². The molecule has 3 aromatic heterocycles. The van der Waals surface area contributed by atoms with E-state index >= 15 is 0 Å². The Morgan fingerprint density at radius 2 is 2.07 bits per heavy atom. The Morgan fingerprint density at radius 3 is 2.89 bits per heavy atom. The van der Waals surface area contributed by atoms with Crippen LogP contribution in [-0.4, -0.2) is 42.3 Å². The molecule has 0 saturated carbocycles. The Morgan fingerprint density at radius 1 is 1.21 bits per heavy atom. The van der Waals surface area contributed by atoms with E-state index in [1.165, 1.54) is 10.7 Å². The molecule has 28 heavy (non-hydrogen) atoms. The zero-order chi connectivity index (χ0) is 19.5. The van der Waals surface area contributed by atoms with Crippen molar-refractivity contribution in [1.29, 1.82) is 0 Å². The number of aromatic nitrogens is 6. The fraction of sp³-hybridized carbons (Fsp3) is 0.211. The van der Waals surface area contributed by atoms with Gasteiger partial charge in [0.15, 0.2) is 5.65 Å². The first-order valence-electron chi connectivity index (χ1n) is 8.76. The molecule has 3 heterocycles. The highest BCUT2D eigenvalue weighted by Crippen LogP contribution is 2.25. The van der Waals surface area contributed by atoms with Crippen molar-refractivity contribution in [3.05, 3.63) is 60.2 Å². The molecule has 0 radical (unpaired) electrons. The molecule has 1 aromatic carbocycles. The normalized spacial score (nSPS) is 11.1. The van der Waals surface area contributed by atoms with Crippen LogP contribution in [0.3, 0.4) is 0 Å². The second-order valence-corrected chi connectivity index (χ2v) is 6.08. The smallest absolute Gasteiger partial charge is 0.327 e. The van der Waals surface area contributed by atoms with Gasteiger partial charge in [0.05, 0.1) is 19.3 Å². The number of hydrogen-bond donors (Lipinski definition) is 0. The van der Waals surface area contributed by atoms with Crippen LogP contribution in [0, 0.1) is 5.82 Å². The number of ether oxygens (including phenoxy) is 1. The van der Waals surface area contributed by atoms with Gasteiger partial charge in [0.2, 0.25) is 0 Å². The minimum atomic E-state index is -0.393. The standard InChI is InChI=1S/C19H17FN6O2/c1-2-28-17(27)12-25-11-16(22-24-25)18-14-7-5-9-21-19(14)26(23-18)10-13-6-3-4-8-15(13)20/h3-9,11H,2,10,12H2,1H3. The first-order valence-corrected chi connectivity index (χ1v) is 8.76. The molecule has 0 unspecified atom stereocenters. The molecule has 0 aliphatic rings. The molecule has 8 nitrogen and oxygen atoms in total. The molecule has 0 N–H and O–H groups in total. The Kier molecular flexibility index (Phi) is 4.79. The molecule has 4 rings (SSSR count). The van der Waals surface area contributed by atoms with E-state index in [4.69, 9.17) is 4.74 Å². The number of rotatable bonds is 6. The Labute approximate surface area is 159 Å². The lowest BCUT2D eigenvalue weighted by atomic mass is 10.2. The van der Waals surface area contributed by atoms with Crippen LogP contribution >= 0.6 is 0 Å². The summed E-state index contributed by atoms with van der Waals surface area (Å²) in [6.07, 6.45) is 3.28. The van der Waals surface area contributed by atoms with Gasteiger partial charge in [-0.15, -0.1) is 5.10 Å². The molecule has 0 saturated heterocycles. The third kappa shape index (κ3) is 3.46. The highest BCUT2D eigenvalue weighted by atomic mass is 19.1. The van der Waals surface area contributed by atoms with Crippen LogP contribution in [0.4, 0.5) is 4.39 Å². The molecule has 0 fully saturated rings. The maximum atomic E-state index is 14.1. The Hall–Kier alpha value is -3.62. The molecule has 0 aliphatic carbocycles. The van der Waals surface area contributed by atoms with Crippen LogP contribution in [-0.2, 0) is 22.6 Å². The lowest BCUT2D eigenvalue weighted by molar-refractivity contribution is -0.144. The average molecular weight is 380 g/mol. The minimum Gasteiger partial charge on any atom is -0.465 e. The first-order chi connectivity index (χ1) is 13.7.